The molecule has 0 aromatic heterocycles. The lowest BCUT2D eigenvalue weighted by molar-refractivity contribution is -1.04. The fourth-order valence-electron chi connectivity index (χ4n) is 8.99. The highest BCUT2D eigenvalue weighted by Crippen LogP contribution is 2.67. The van der Waals surface area contributed by atoms with Crippen molar-refractivity contribution in [3.63, 3.8) is 0 Å². The quantitative estimate of drug-likeness (QED) is 0.377. The van der Waals surface area contributed by atoms with E-state index in [1.54, 1.807) is 12.6 Å². The van der Waals surface area contributed by atoms with Crippen LogP contribution in [0.5, 0.6) is 0 Å². The number of rotatable bonds is 7. The molecule has 31 heavy (non-hydrogen) atoms. The predicted octanol–water partition coefficient (Wildman–Crippen LogP) is 6.34. The van der Waals surface area contributed by atoms with Crippen LogP contribution >= 0.6 is 0 Å². The summed E-state index contributed by atoms with van der Waals surface area (Å²) in [7, 11) is 1.56. The zero-order valence-corrected chi connectivity index (χ0v) is 21.2. The van der Waals surface area contributed by atoms with Crippen molar-refractivity contribution in [1.29, 1.82) is 0 Å². The molecule has 0 heterocycles. The van der Waals surface area contributed by atoms with Crippen LogP contribution in [-0.2, 0) is 4.84 Å². The van der Waals surface area contributed by atoms with E-state index in [4.69, 9.17) is 4.84 Å². The van der Waals surface area contributed by atoms with Crippen LogP contribution in [0.4, 0.5) is 0 Å². The lowest BCUT2D eigenvalue weighted by Gasteiger charge is -2.58. The molecule has 0 saturated heterocycles. The van der Waals surface area contributed by atoms with Crippen molar-refractivity contribution in [2.45, 2.75) is 111 Å². The number of hydroxylamine groups is 2. The third-order valence-electron chi connectivity index (χ3n) is 10.6. The molecule has 0 aromatic rings. The third-order valence-corrected chi connectivity index (χ3v) is 10.6. The normalized spacial score (nSPS) is 44.3. The SMILES string of the molecule is CC(C)CCCC(C)C1CCC2C3CC=C4CC(O[NH+](C)[O-])CCC4(C)C3CCC12C. The summed E-state index contributed by atoms with van der Waals surface area (Å²) in [6.45, 7) is 12.5. The molecule has 1 N–H and O–H groups in total. The van der Waals surface area contributed by atoms with Crippen LogP contribution in [0.1, 0.15) is 105 Å². The van der Waals surface area contributed by atoms with Gasteiger partial charge in [-0.15, -0.1) is 0 Å². The van der Waals surface area contributed by atoms with E-state index in [0.717, 1.165) is 48.3 Å². The Morgan fingerprint density at radius 3 is 2.55 bits per heavy atom. The van der Waals surface area contributed by atoms with Gasteiger partial charge in [-0.25, -0.2) is 10.1 Å². The summed E-state index contributed by atoms with van der Waals surface area (Å²) in [5.74, 6) is 5.31. The summed E-state index contributed by atoms with van der Waals surface area (Å²) < 4.78 is 0. The Labute approximate surface area is 191 Å². The Morgan fingerprint density at radius 1 is 1.06 bits per heavy atom. The first-order valence-corrected chi connectivity index (χ1v) is 13.5. The fraction of sp³-hybridized carbons (Fsp3) is 0.929. The van der Waals surface area contributed by atoms with Gasteiger partial charge in [0, 0.05) is 6.42 Å². The van der Waals surface area contributed by atoms with Crippen molar-refractivity contribution < 1.29 is 10.1 Å². The first kappa shape index (κ1) is 23.8. The number of fused-ring (bicyclic) bond motifs is 5. The Bertz CT molecular complexity index is 657. The monoisotopic (exact) mass is 431 g/mol. The molecule has 3 saturated carbocycles. The molecule has 0 spiro atoms. The van der Waals surface area contributed by atoms with Crippen molar-refractivity contribution >= 4 is 0 Å². The van der Waals surface area contributed by atoms with Crippen molar-refractivity contribution in [3.8, 4) is 0 Å². The minimum absolute atomic E-state index is 0.115. The van der Waals surface area contributed by atoms with E-state index in [9.17, 15) is 5.21 Å². The molecule has 3 nitrogen and oxygen atoms in total. The van der Waals surface area contributed by atoms with Crippen molar-refractivity contribution in [3.05, 3.63) is 16.9 Å². The van der Waals surface area contributed by atoms with Gasteiger partial charge in [0.25, 0.3) is 0 Å². The van der Waals surface area contributed by atoms with E-state index in [2.05, 4.69) is 40.7 Å². The molecule has 0 aliphatic heterocycles. The number of nitrogens with one attached hydrogen (secondary N) is 1. The molecule has 0 amide bonds. The summed E-state index contributed by atoms with van der Waals surface area (Å²) in [4.78, 5) is 5.61. The Kier molecular flexibility index (Phi) is 6.98. The van der Waals surface area contributed by atoms with Crippen LogP contribution in [0.15, 0.2) is 11.6 Å². The highest BCUT2D eigenvalue weighted by molar-refractivity contribution is 5.25. The molecule has 3 fully saturated rings. The molecular formula is C28H49NO2. The second-order valence-corrected chi connectivity index (χ2v) is 12.8. The summed E-state index contributed by atoms with van der Waals surface area (Å²) in [5.41, 5.74) is 2.53. The molecule has 0 bridgehead atoms. The highest BCUT2D eigenvalue weighted by atomic mass is 16.9. The predicted molar refractivity (Wildman–Crippen MR) is 128 cm³/mol. The second-order valence-electron chi connectivity index (χ2n) is 12.8. The number of hydrogen-bond acceptors (Lipinski definition) is 2. The molecule has 9 atom stereocenters. The van der Waals surface area contributed by atoms with Crippen molar-refractivity contribution in [1.82, 2.24) is 0 Å². The minimum atomic E-state index is -0.115. The highest BCUT2D eigenvalue weighted by Gasteiger charge is 2.59. The molecule has 3 heteroatoms. The van der Waals surface area contributed by atoms with E-state index >= 15 is 0 Å². The number of hydrogen-bond donors (Lipinski definition) is 1. The lowest BCUT2D eigenvalue weighted by atomic mass is 9.47. The smallest absolute Gasteiger partial charge is 0.121 e. The van der Waals surface area contributed by atoms with Gasteiger partial charge < -0.3 is 5.21 Å². The molecule has 0 radical (unpaired) electrons. The summed E-state index contributed by atoms with van der Waals surface area (Å²) in [6.07, 6.45) is 17.2. The Morgan fingerprint density at radius 2 is 1.84 bits per heavy atom. The van der Waals surface area contributed by atoms with Crippen molar-refractivity contribution in [2.24, 2.45) is 46.3 Å². The van der Waals surface area contributed by atoms with Gasteiger partial charge in [0.2, 0.25) is 0 Å². The Balaban J connectivity index is 1.46. The molecule has 4 aliphatic rings. The first-order valence-electron chi connectivity index (χ1n) is 13.5. The zero-order valence-electron chi connectivity index (χ0n) is 21.2. The largest absolute Gasteiger partial charge is 0.600 e. The zero-order chi connectivity index (χ0) is 22.4. The first-order chi connectivity index (χ1) is 14.6. The average Bonchev–Trinajstić information content (AvgIpc) is 3.05. The lowest BCUT2D eigenvalue weighted by Crippen LogP contribution is -3.03. The van der Waals surface area contributed by atoms with Gasteiger partial charge in [-0.1, -0.05) is 65.5 Å². The van der Waals surface area contributed by atoms with Crippen molar-refractivity contribution in [2.75, 3.05) is 7.05 Å². The van der Waals surface area contributed by atoms with Gasteiger partial charge in [0.1, 0.15) is 6.10 Å². The summed E-state index contributed by atoms with van der Waals surface area (Å²) in [5, 5.41) is 11.4. The van der Waals surface area contributed by atoms with Crippen LogP contribution in [0.2, 0.25) is 0 Å². The van der Waals surface area contributed by atoms with Crippen LogP contribution < -0.4 is 5.23 Å². The standard InChI is InChI=1S/C28H49NO2/c1-19(2)8-7-9-20(3)24-12-13-25-23-11-10-21-18-22(31-29(6)30)14-16-27(21,4)26(23)15-17-28(24,25)5/h10,19-20,22-26,29H,7-9,11-18H2,1-6H3. The summed E-state index contributed by atoms with van der Waals surface area (Å²) >= 11 is 0. The van der Waals surface area contributed by atoms with E-state index in [1.807, 2.05) is 0 Å². The van der Waals surface area contributed by atoms with E-state index in [-0.39, 0.29) is 11.3 Å². The van der Waals surface area contributed by atoms with Gasteiger partial charge in [0.15, 0.2) is 0 Å². The topological polar surface area (TPSA) is 36.7 Å². The molecule has 178 valence electrons. The van der Waals surface area contributed by atoms with E-state index < -0.39 is 0 Å². The maximum atomic E-state index is 11.5. The van der Waals surface area contributed by atoms with Crippen LogP contribution in [-0.4, -0.2) is 13.2 Å². The van der Waals surface area contributed by atoms with Gasteiger partial charge in [0.05, 0.1) is 7.05 Å². The Hall–Kier alpha value is -0.380. The second kappa shape index (κ2) is 9.11. The third kappa shape index (κ3) is 4.41. The van der Waals surface area contributed by atoms with E-state index in [0.29, 0.717) is 10.8 Å². The summed E-state index contributed by atoms with van der Waals surface area (Å²) in [6, 6.07) is 0. The molecular weight excluding hydrogens is 382 g/mol. The maximum Gasteiger partial charge on any atom is 0.121 e. The minimum Gasteiger partial charge on any atom is -0.600 e. The van der Waals surface area contributed by atoms with Crippen LogP contribution in [0.25, 0.3) is 0 Å². The average molecular weight is 432 g/mol. The van der Waals surface area contributed by atoms with Crippen LogP contribution in [0.3, 0.4) is 0 Å². The van der Waals surface area contributed by atoms with Crippen LogP contribution in [0, 0.1) is 51.5 Å². The fourth-order valence-corrected chi connectivity index (χ4v) is 8.99. The molecule has 4 aliphatic carbocycles. The molecule has 0 aromatic carbocycles. The van der Waals surface area contributed by atoms with Gasteiger partial charge in [-0.2, -0.15) is 0 Å². The number of allylic oxidation sites excluding steroid dienone is 1. The van der Waals surface area contributed by atoms with Gasteiger partial charge in [-0.3, -0.25) is 0 Å². The molecule has 9 unspecified atom stereocenters. The molecule has 4 rings (SSSR count). The van der Waals surface area contributed by atoms with Gasteiger partial charge >= 0.3 is 0 Å². The number of quaternary nitrogens is 1. The van der Waals surface area contributed by atoms with E-state index in [1.165, 1.54) is 57.8 Å². The maximum absolute atomic E-state index is 11.5. The van der Waals surface area contributed by atoms with Gasteiger partial charge in [-0.05, 0) is 91.3 Å².